The molecule has 0 spiro atoms. The van der Waals surface area contributed by atoms with E-state index in [2.05, 4.69) is 53.7 Å². The van der Waals surface area contributed by atoms with Crippen LogP contribution in [0.15, 0.2) is 24.3 Å². The van der Waals surface area contributed by atoms with E-state index in [0.717, 1.165) is 36.5 Å². The Kier molecular flexibility index (Phi) is 5.50. The fourth-order valence-corrected chi connectivity index (χ4v) is 5.56. The molecule has 0 amide bonds. The van der Waals surface area contributed by atoms with E-state index in [1.807, 2.05) is 0 Å². The van der Waals surface area contributed by atoms with Gasteiger partial charge >= 0.3 is 0 Å². The molecule has 0 N–H and O–H groups in total. The maximum atomic E-state index is 5.59. The molecule has 2 rings (SSSR count). The van der Waals surface area contributed by atoms with Crippen LogP contribution < -0.4 is 0 Å². The molecule has 0 heteroatoms. The lowest BCUT2D eigenvalue weighted by Crippen LogP contribution is -2.26. The molecule has 0 aliphatic heterocycles. The predicted molar refractivity (Wildman–Crippen MR) is 102 cm³/mol. The summed E-state index contributed by atoms with van der Waals surface area (Å²) in [6, 6.07) is 0. The quantitative estimate of drug-likeness (QED) is 0.355. The molecular formula is C23H36. The minimum Gasteiger partial charge on any atom is -0.120 e. The third-order valence-corrected chi connectivity index (χ3v) is 7.08. The van der Waals surface area contributed by atoms with Crippen molar-refractivity contribution in [3.05, 3.63) is 24.3 Å². The van der Waals surface area contributed by atoms with Crippen molar-refractivity contribution < 1.29 is 0 Å². The molecule has 6 unspecified atom stereocenters. The Labute approximate surface area is 144 Å². The first-order chi connectivity index (χ1) is 10.8. The number of hydrogen-bond donors (Lipinski definition) is 0. The Morgan fingerprint density at radius 1 is 1.26 bits per heavy atom. The summed E-state index contributed by atoms with van der Waals surface area (Å²) in [7, 11) is 0. The van der Waals surface area contributed by atoms with Gasteiger partial charge in [-0.2, -0.15) is 0 Å². The van der Waals surface area contributed by atoms with Gasteiger partial charge in [0, 0.05) is 6.42 Å². The molecule has 2 saturated carbocycles. The minimum absolute atomic E-state index is 0.530. The van der Waals surface area contributed by atoms with Gasteiger partial charge in [0.05, 0.1) is 0 Å². The van der Waals surface area contributed by atoms with E-state index >= 15 is 0 Å². The second-order valence-corrected chi connectivity index (χ2v) is 8.83. The lowest BCUT2D eigenvalue weighted by atomic mass is 9.70. The maximum absolute atomic E-state index is 5.59. The highest BCUT2D eigenvalue weighted by atomic mass is 14.7. The summed E-state index contributed by atoms with van der Waals surface area (Å²) in [5.74, 6) is 7.27. The monoisotopic (exact) mass is 312 g/mol. The molecule has 0 aromatic carbocycles. The molecule has 0 aromatic heterocycles. The predicted octanol–water partition coefficient (Wildman–Crippen LogP) is 6.49. The third-order valence-electron chi connectivity index (χ3n) is 7.08. The molecule has 2 fully saturated rings. The summed E-state index contributed by atoms with van der Waals surface area (Å²) in [6.07, 6.45) is 11.3. The molecule has 0 bridgehead atoms. The van der Waals surface area contributed by atoms with Crippen LogP contribution in [0.1, 0.15) is 66.7 Å². The number of rotatable bonds is 8. The molecule has 0 heterocycles. The van der Waals surface area contributed by atoms with Crippen LogP contribution in [0.5, 0.6) is 0 Å². The van der Waals surface area contributed by atoms with Crippen LogP contribution in [0.2, 0.25) is 0 Å². The van der Waals surface area contributed by atoms with Crippen LogP contribution in [0.4, 0.5) is 0 Å². The van der Waals surface area contributed by atoms with Gasteiger partial charge in [-0.15, -0.1) is 12.3 Å². The van der Waals surface area contributed by atoms with Crippen molar-refractivity contribution in [3.8, 4) is 12.3 Å². The molecule has 2 aliphatic rings. The molecule has 128 valence electrons. The van der Waals surface area contributed by atoms with Gasteiger partial charge in [-0.25, -0.2) is 0 Å². The van der Waals surface area contributed by atoms with Gasteiger partial charge in [0.25, 0.3) is 0 Å². The van der Waals surface area contributed by atoms with Gasteiger partial charge in [-0.1, -0.05) is 54.2 Å². The highest BCUT2D eigenvalue weighted by Crippen LogP contribution is 2.72. The van der Waals surface area contributed by atoms with Crippen molar-refractivity contribution >= 4 is 0 Å². The largest absolute Gasteiger partial charge is 0.120 e. The molecular weight excluding hydrogens is 276 g/mol. The average Bonchev–Trinajstić information content (AvgIpc) is 2.83. The van der Waals surface area contributed by atoms with Crippen LogP contribution in [0, 0.1) is 53.3 Å². The smallest absolute Gasteiger partial charge is 0.00919 e. The Bertz CT molecular complexity index is 501. The molecule has 6 atom stereocenters. The topological polar surface area (TPSA) is 0 Å². The summed E-state index contributed by atoms with van der Waals surface area (Å²) in [6.45, 7) is 20.9. The van der Waals surface area contributed by atoms with Crippen molar-refractivity contribution in [2.75, 3.05) is 0 Å². The summed E-state index contributed by atoms with van der Waals surface area (Å²) < 4.78 is 0. The summed E-state index contributed by atoms with van der Waals surface area (Å²) in [5.41, 5.74) is 3.12. The maximum Gasteiger partial charge on any atom is 0.00919 e. The zero-order valence-electron chi connectivity index (χ0n) is 16.0. The van der Waals surface area contributed by atoms with E-state index in [4.69, 9.17) is 6.42 Å². The minimum atomic E-state index is 0.530. The molecule has 0 radical (unpaired) electrons. The van der Waals surface area contributed by atoms with E-state index in [9.17, 15) is 0 Å². The third kappa shape index (κ3) is 3.31. The summed E-state index contributed by atoms with van der Waals surface area (Å²) >= 11 is 0. The molecule has 0 aromatic rings. The number of allylic oxidation sites excluding steroid dienone is 2. The second-order valence-electron chi connectivity index (χ2n) is 8.83. The number of terminal acetylenes is 1. The molecule has 23 heavy (non-hydrogen) atoms. The Morgan fingerprint density at radius 2 is 1.91 bits per heavy atom. The van der Waals surface area contributed by atoms with E-state index in [0.29, 0.717) is 17.3 Å². The van der Waals surface area contributed by atoms with Crippen molar-refractivity contribution in [3.63, 3.8) is 0 Å². The highest BCUT2D eigenvalue weighted by Gasteiger charge is 2.67. The van der Waals surface area contributed by atoms with E-state index < -0.39 is 0 Å². The van der Waals surface area contributed by atoms with Crippen molar-refractivity contribution in [1.82, 2.24) is 0 Å². The molecule has 0 saturated heterocycles. The standard InChI is InChI=1S/C23H36/c1-9-11-13-19(18(6)17(5)15(3)12-10-2)21-16(4)14-20-22(21)23(20,7)8/h1,15-16,19-22H,5-6,10-14H2,2-4,7-8H3. The van der Waals surface area contributed by atoms with Gasteiger partial charge in [0.2, 0.25) is 0 Å². The van der Waals surface area contributed by atoms with Crippen molar-refractivity contribution in [1.29, 1.82) is 0 Å². The van der Waals surface area contributed by atoms with Crippen LogP contribution in [-0.2, 0) is 0 Å². The number of fused-ring (bicyclic) bond motifs is 1. The lowest BCUT2D eigenvalue weighted by Gasteiger charge is -2.34. The van der Waals surface area contributed by atoms with Crippen LogP contribution in [-0.4, -0.2) is 0 Å². The molecule has 0 nitrogen and oxygen atoms in total. The zero-order chi connectivity index (χ0) is 17.4. The van der Waals surface area contributed by atoms with Gasteiger partial charge in [0.1, 0.15) is 0 Å². The summed E-state index contributed by atoms with van der Waals surface area (Å²) in [4.78, 5) is 0. The Hall–Kier alpha value is -0.960. The Morgan fingerprint density at radius 3 is 2.43 bits per heavy atom. The second kappa shape index (κ2) is 6.88. The van der Waals surface area contributed by atoms with Crippen LogP contribution in [0.3, 0.4) is 0 Å². The first-order valence-corrected chi connectivity index (χ1v) is 9.58. The van der Waals surface area contributed by atoms with Gasteiger partial charge in [-0.05, 0) is 71.3 Å². The van der Waals surface area contributed by atoms with Gasteiger partial charge in [-0.3, -0.25) is 0 Å². The van der Waals surface area contributed by atoms with E-state index in [-0.39, 0.29) is 0 Å². The first-order valence-electron chi connectivity index (χ1n) is 9.58. The first kappa shape index (κ1) is 18.4. The van der Waals surface area contributed by atoms with Gasteiger partial charge < -0.3 is 0 Å². The molecule has 2 aliphatic carbocycles. The zero-order valence-corrected chi connectivity index (χ0v) is 16.0. The highest BCUT2D eigenvalue weighted by molar-refractivity contribution is 5.32. The van der Waals surface area contributed by atoms with Gasteiger partial charge in [0.15, 0.2) is 0 Å². The fourth-order valence-electron chi connectivity index (χ4n) is 5.56. The lowest BCUT2D eigenvalue weighted by molar-refractivity contribution is 0.215. The van der Waals surface area contributed by atoms with Crippen LogP contribution >= 0.6 is 0 Å². The van der Waals surface area contributed by atoms with Crippen LogP contribution in [0.25, 0.3) is 0 Å². The van der Waals surface area contributed by atoms with Crippen molar-refractivity contribution in [2.24, 2.45) is 40.9 Å². The number of hydrogen-bond acceptors (Lipinski definition) is 0. The normalized spacial score (nSPS) is 33.4. The SMILES string of the molecule is C#CCCC(C(=C)C(=C)C(C)CCC)C1C(C)CC2C1C2(C)C. The van der Waals surface area contributed by atoms with Crippen molar-refractivity contribution in [2.45, 2.75) is 66.7 Å². The Balaban J connectivity index is 2.18. The van der Waals surface area contributed by atoms with E-state index in [1.165, 1.54) is 30.4 Å². The fraction of sp³-hybridized carbons (Fsp3) is 0.739. The summed E-state index contributed by atoms with van der Waals surface area (Å²) in [5, 5.41) is 0. The van der Waals surface area contributed by atoms with E-state index in [1.54, 1.807) is 0 Å². The average molecular weight is 313 g/mol.